The van der Waals surface area contributed by atoms with Crippen molar-refractivity contribution in [3.63, 3.8) is 0 Å². The molecule has 2 N–H and O–H groups in total. The summed E-state index contributed by atoms with van der Waals surface area (Å²) in [7, 11) is 0. The van der Waals surface area contributed by atoms with Gasteiger partial charge in [0.1, 0.15) is 0 Å². The summed E-state index contributed by atoms with van der Waals surface area (Å²) in [4.78, 5) is 21.8. The SMILES string of the molecule is O=C(CNC1CC1)Nc1ccc(Br)c([N+](=O)[O-])c1. The Kier molecular flexibility index (Phi) is 3.93. The number of benzene rings is 1. The van der Waals surface area contributed by atoms with Crippen molar-refractivity contribution < 1.29 is 9.72 Å². The lowest BCUT2D eigenvalue weighted by atomic mass is 10.3. The Labute approximate surface area is 112 Å². The number of nitro benzene ring substituents is 1. The van der Waals surface area contributed by atoms with Crippen molar-refractivity contribution in [2.75, 3.05) is 11.9 Å². The normalized spacial score (nSPS) is 14.3. The van der Waals surface area contributed by atoms with E-state index in [1.165, 1.54) is 6.07 Å². The molecule has 2 rings (SSSR count). The smallest absolute Gasteiger partial charge is 0.285 e. The molecule has 0 radical (unpaired) electrons. The topological polar surface area (TPSA) is 84.3 Å². The van der Waals surface area contributed by atoms with Crippen molar-refractivity contribution in [3.05, 3.63) is 32.8 Å². The van der Waals surface area contributed by atoms with Gasteiger partial charge in [-0.05, 0) is 40.9 Å². The Hall–Kier alpha value is -1.47. The first kappa shape index (κ1) is 13.0. The Bertz CT molecular complexity index is 488. The number of hydrogen-bond acceptors (Lipinski definition) is 4. The van der Waals surface area contributed by atoms with Crippen LogP contribution in [0.5, 0.6) is 0 Å². The van der Waals surface area contributed by atoms with Crippen molar-refractivity contribution in [3.8, 4) is 0 Å². The second-order valence-electron chi connectivity index (χ2n) is 4.13. The molecule has 0 spiro atoms. The fourth-order valence-corrected chi connectivity index (χ4v) is 1.85. The number of nitrogens with one attached hydrogen (secondary N) is 2. The van der Waals surface area contributed by atoms with Crippen LogP contribution in [0, 0.1) is 10.1 Å². The molecule has 1 aliphatic carbocycles. The minimum Gasteiger partial charge on any atom is -0.325 e. The van der Waals surface area contributed by atoms with Crippen LogP contribution in [0.4, 0.5) is 11.4 Å². The Morgan fingerprint density at radius 1 is 1.50 bits per heavy atom. The zero-order valence-corrected chi connectivity index (χ0v) is 11.1. The number of carbonyl (C=O) groups is 1. The molecule has 0 bridgehead atoms. The fourth-order valence-electron chi connectivity index (χ4n) is 1.46. The highest BCUT2D eigenvalue weighted by Gasteiger charge is 2.21. The molecule has 1 aromatic rings. The van der Waals surface area contributed by atoms with E-state index in [-0.39, 0.29) is 18.1 Å². The van der Waals surface area contributed by atoms with Gasteiger partial charge in [-0.15, -0.1) is 0 Å². The van der Waals surface area contributed by atoms with Gasteiger partial charge in [-0.2, -0.15) is 0 Å². The van der Waals surface area contributed by atoms with Gasteiger partial charge in [0, 0.05) is 17.8 Å². The molecule has 1 fully saturated rings. The number of nitrogens with zero attached hydrogens (tertiary/aromatic N) is 1. The molecule has 6 nitrogen and oxygen atoms in total. The predicted octanol–water partition coefficient (Wildman–Crippen LogP) is 2.05. The van der Waals surface area contributed by atoms with Crippen molar-refractivity contribution >= 4 is 33.2 Å². The second-order valence-corrected chi connectivity index (χ2v) is 4.98. The molecule has 1 aliphatic rings. The van der Waals surface area contributed by atoms with Crippen LogP contribution in [0.2, 0.25) is 0 Å². The van der Waals surface area contributed by atoms with Gasteiger partial charge >= 0.3 is 0 Å². The van der Waals surface area contributed by atoms with Gasteiger partial charge < -0.3 is 10.6 Å². The number of nitro groups is 1. The van der Waals surface area contributed by atoms with E-state index in [9.17, 15) is 14.9 Å². The quantitative estimate of drug-likeness (QED) is 0.643. The Balaban J connectivity index is 1.97. The largest absolute Gasteiger partial charge is 0.325 e. The Morgan fingerprint density at radius 3 is 2.83 bits per heavy atom. The first-order valence-corrected chi connectivity index (χ1v) is 6.33. The number of anilines is 1. The maximum Gasteiger partial charge on any atom is 0.285 e. The van der Waals surface area contributed by atoms with Crippen LogP contribution in [0.3, 0.4) is 0 Å². The molecule has 0 aromatic heterocycles. The van der Waals surface area contributed by atoms with Crippen LogP contribution >= 0.6 is 15.9 Å². The van der Waals surface area contributed by atoms with Gasteiger partial charge in [0.2, 0.25) is 5.91 Å². The van der Waals surface area contributed by atoms with Gasteiger partial charge in [-0.1, -0.05) is 0 Å². The summed E-state index contributed by atoms with van der Waals surface area (Å²) in [5.41, 5.74) is 0.357. The van der Waals surface area contributed by atoms with Crippen molar-refractivity contribution in [2.45, 2.75) is 18.9 Å². The maximum atomic E-state index is 11.6. The summed E-state index contributed by atoms with van der Waals surface area (Å²) >= 11 is 3.09. The summed E-state index contributed by atoms with van der Waals surface area (Å²) in [5.74, 6) is -0.196. The van der Waals surface area contributed by atoms with E-state index >= 15 is 0 Å². The lowest BCUT2D eigenvalue weighted by Crippen LogP contribution is -2.29. The fraction of sp³-hybridized carbons (Fsp3) is 0.364. The van der Waals surface area contributed by atoms with Crippen molar-refractivity contribution in [2.24, 2.45) is 0 Å². The lowest BCUT2D eigenvalue weighted by Gasteiger charge is -2.06. The van der Waals surface area contributed by atoms with E-state index in [0.29, 0.717) is 16.2 Å². The van der Waals surface area contributed by atoms with Crippen LogP contribution in [-0.4, -0.2) is 23.4 Å². The molecule has 0 aliphatic heterocycles. The number of amides is 1. The van der Waals surface area contributed by atoms with Gasteiger partial charge in [0.25, 0.3) is 5.69 Å². The van der Waals surface area contributed by atoms with Crippen LogP contribution in [0.1, 0.15) is 12.8 Å². The third kappa shape index (κ3) is 3.51. The van der Waals surface area contributed by atoms with E-state index in [1.54, 1.807) is 12.1 Å². The molecule has 0 saturated heterocycles. The standard InChI is InChI=1S/C11H12BrN3O3/c12-9-4-3-8(5-10(9)15(17)18)14-11(16)6-13-7-1-2-7/h3-5,7,13H,1-2,6H2,(H,14,16). The molecule has 1 saturated carbocycles. The molecular weight excluding hydrogens is 302 g/mol. The summed E-state index contributed by atoms with van der Waals surface area (Å²) in [6, 6.07) is 4.95. The van der Waals surface area contributed by atoms with Crippen LogP contribution < -0.4 is 10.6 Å². The molecule has 1 amide bonds. The molecule has 0 unspecified atom stereocenters. The summed E-state index contributed by atoms with van der Waals surface area (Å²) in [6.07, 6.45) is 2.22. The summed E-state index contributed by atoms with van der Waals surface area (Å²) in [6.45, 7) is 0.231. The third-order valence-electron chi connectivity index (χ3n) is 2.56. The number of carbonyl (C=O) groups excluding carboxylic acids is 1. The molecule has 0 heterocycles. The minimum atomic E-state index is -0.498. The molecular formula is C11H12BrN3O3. The average molecular weight is 314 g/mol. The van der Waals surface area contributed by atoms with Crippen LogP contribution in [0.25, 0.3) is 0 Å². The van der Waals surface area contributed by atoms with Gasteiger partial charge in [0.15, 0.2) is 0 Å². The second kappa shape index (κ2) is 5.45. The number of halogens is 1. The highest BCUT2D eigenvalue weighted by molar-refractivity contribution is 9.10. The average Bonchev–Trinajstić information content (AvgIpc) is 3.12. The third-order valence-corrected chi connectivity index (χ3v) is 3.23. The first-order chi connectivity index (χ1) is 8.56. The monoisotopic (exact) mass is 313 g/mol. The van der Waals surface area contributed by atoms with E-state index in [1.807, 2.05) is 0 Å². The van der Waals surface area contributed by atoms with Crippen molar-refractivity contribution in [1.82, 2.24) is 5.32 Å². The molecule has 18 heavy (non-hydrogen) atoms. The zero-order chi connectivity index (χ0) is 13.1. The van der Waals surface area contributed by atoms with E-state index in [4.69, 9.17) is 0 Å². The summed E-state index contributed by atoms with van der Waals surface area (Å²) in [5, 5.41) is 16.4. The Morgan fingerprint density at radius 2 is 2.22 bits per heavy atom. The van der Waals surface area contributed by atoms with Gasteiger partial charge in [0.05, 0.1) is 15.9 Å². The summed E-state index contributed by atoms with van der Waals surface area (Å²) < 4.78 is 0.390. The van der Waals surface area contributed by atoms with E-state index < -0.39 is 4.92 Å². The zero-order valence-electron chi connectivity index (χ0n) is 9.48. The number of hydrogen-bond donors (Lipinski definition) is 2. The lowest BCUT2D eigenvalue weighted by molar-refractivity contribution is -0.385. The number of rotatable bonds is 5. The van der Waals surface area contributed by atoms with E-state index in [2.05, 4.69) is 26.6 Å². The first-order valence-electron chi connectivity index (χ1n) is 5.53. The molecule has 1 aromatic carbocycles. The minimum absolute atomic E-state index is 0.0667. The van der Waals surface area contributed by atoms with Crippen LogP contribution in [-0.2, 0) is 4.79 Å². The molecule has 0 atom stereocenters. The predicted molar refractivity (Wildman–Crippen MR) is 70.5 cm³/mol. The molecule has 7 heteroatoms. The van der Waals surface area contributed by atoms with Gasteiger partial charge in [-0.25, -0.2) is 0 Å². The van der Waals surface area contributed by atoms with Gasteiger partial charge in [-0.3, -0.25) is 14.9 Å². The van der Waals surface area contributed by atoms with Crippen LogP contribution in [0.15, 0.2) is 22.7 Å². The van der Waals surface area contributed by atoms with Crippen molar-refractivity contribution in [1.29, 1.82) is 0 Å². The molecule has 96 valence electrons. The highest BCUT2D eigenvalue weighted by atomic mass is 79.9. The highest BCUT2D eigenvalue weighted by Crippen LogP contribution is 2.27. The van der Waals surface area contributed by atoms with E-state index in [0.717, 1.165) is 12.8 Å². The maximum absolute atomic E-state index is 11.6.